The zero-order chi connectivity index (χ0) is 17.4. The first-order chi connectivity index (χ1) is 11.5. The molecule has 1 aromatic carbocycles. The molecule has 0 radical (unpaired) electrons. The smallest absolute Gasteiger partial charge is 0.319 e. The summed E-state index contributed by atoms with van der Waals surface area (Å²) in [6.07, 6.45) is 6.67. The molecule has 0 aromatic heterocycles. The highest BCUT2D eigenvalue weighted by molar-refractivity contribution is 8.00. The van der Waals surface area contributed by atoms with E-state index in [0.717, 1.165) is 16.5 Å². The van der Waals surface area contributed by atoms with Gasteiger partial charge in [0.1, 0.15) is 0 Å². The highest BCUT2D eigenvalue weighted by atomic mass is 32.2. The van der Waals surface area contributed by atoms with E-state index in [1.807, 2.05) is 24.8 Å². The van der Waals surface area contributed by atoms with E-state index in [0.29, 0.717) is 13.1 Å². The van der Waals surface area contributed by atoms with Gasteiger partial charge in [0.15, 0.2) is 0 Å². The fourth-order valence-corrected chi connectivity index (χ4v) is 4.15. The van der Waals surface area contributed by atoms with E-state index in [4.69, 9.17) is 0 Å². The van der Waals surface area contributed by atoms with Gasteiger partial charge in [0.25, 0.3) is 0 Å². The Labute approximate surface area is 148 Å². The second-order valence-corrected chi connectivity index (χ2v) is 7.59. The van der Waals surface area contributed by atoms with Gasteiger partial charge in [0.05, 0.1) is 0 Å². The van der Waals surface area contributed by atoms with Crippen LogP contribution in [-0.2, 0) is 4.79 Å². The third-order valence-corrected chi connectivity index (χ3v) is 5.42. The van der Waals surface area contributed by atoms with Crippen molar-refractivity contribution in [2.45, 2.75) is 56.1 Å². The number of urea groups is 1. The van der Waals surface area contributed by atoms with Gasteiger partial charge >= 0.3 is 6.03 Å². The molecule has 1 saturated carbocycles. The van der Waals surface area contributed by atoms with Crippen molar-refractivity contribution < 1.29 is 9.59 Å². The third kappa shape index (κ3) is 6.43. The molecule has 132 valence electrons. The van der Waals surface area contributed by atoms with Crippen LogP contribution in [0.3, 0.4) is 0 Å². The minimum absolute atomic E-state index is 0.0980. The van der Waals surface area contributed by atoms with Crippen LogP contribution in [0.15, 0.2) is 23.1 Å². The quantitative estimate of drug-likeness (QED) is 0.686. The largest absolute Gasteiger partial charge is 0.355 e. The number of carbonyl (C=O) groups excluding carboxylic acids is 2. The second-order valence-electron chi connectivity index (χ2n) is 6.22. The molecule has 0 atom stereocenters. The van der Waals surface area contributed by atoms with Crippen molar-refractivity contribution in [1.82, 2.24) is 10.6 Å². The Morgan fingerprint density at radius 1 is 1.12 bits per heavy atom. The van der Waals surface area contributed by atoms with Crippen molar-refractivity contribution >= 4 is 29.4 Å². The molecule has 6 heteroatoms. The van der Waals surface area contributed by atoms with Crippen LogP contribution in [0.25, 0.3) is 0 Å². The van der Waals surface area contributed by atoms with Crippen molar-refractivity contribution in [1.29, 1.82) is 0 Å². The number of hydrogen-bond acceptors (Lipinski definition) is 3. The van der Waals surface area contributed by atoms with E-state index < -0.39 is 0 Å². The summed E-state index contributed by atoms with van der Waals surface area (Å²) in [5.41, 5.74) is 1.88. The average molecular weight is 350 g/mol. The Morgan fingerprint density at radius 2 is 1.83 bits per heavy atom. The van der Waals surface area contributed by atoms with Gasteiger partial charge in [-0.2, -0.15) is 0 Å². The summed E-state index contributed by atoms with van der Waals surface area (Å²) < 4.78 is 0. The highest BCUT2D eigenvalue weighted by Crippen LogP contribution is 2.34. The third-order valence-electron chi connectivity index (χ3n) is 4.09. The maximum absolute atomic E-state index is 11.9. The van der Waals surface area contributed by atoms with Gasteiger partial charge in [-0.15, -0.1) is 11.8 Å². The SMILES string of the molecule is CC(=O)NCCNC(=O)Nc1ccc(SC2CCCCC2)cc1C. The van der Waals surface area contributed by atoms with Gasteiger partial charge in [-0.3, -0.25) is 4.79 Å². The first kappa shape index (κ1) is 18.6. The molecule has 1 aliphatic rings. The van der Waals surface area contributed by atoms with E-state index >= 15 is 0 Å². The number of carbonyl (C=O) groups is 2. The van der Waals surface area contributed by atoms with Crippen LogP contribution in [0.4, 0.5) is 10.5 Å². The van der Waals surface area contributed by atoms with Crippen LogP contribution in [0, 0.1) is 6.92 Å². The number of hydrogen-bond donors (Lipinski definition) is 3. The van der Waals surface area contributed by atoms with E-state index in [1.165, 1.54) is 43.9 Å². The lowest BCUT2D eigenvalue weighted by Crippen LogP contribution is -2.36. The Kier molecular flexibility index (Phi) is 7.43. The predicted octanol–water partition coefficient (Wildman–Crippen LogP) is 3.68. The number of aryl methyl sites for hydroxylation is 1. The van der Waals surface area contributed by atoms with Gasteiger partial charge in [-0.25, -0.2) is 4.79 Å². The van der Waals surface area contributed by atoms with Crippen LogP contribution in [-0.4, -0.2) is 30.3 Å². The van der Waals surface area contributed by atoms with E-state index in [2.05, 4.69) is 28.1 Å². The second kappa shape index (κ2) is 9.57. The summed E-state index contributed by atoms with van der Waals surface area (Å²) in [6.45, 7) is 4.30. The first-order valence-electron chi connectivity index (χ1n) is 8.61. The van der Waals surface area contributed by atoms with Gasteiger partial charge in [-0.1, -0.05) is 19.3 Å². The van der Waals surface area contributed by atoms with Crippen molar-refractivity contribution in [2.75, 3.05) is 18.4 Å². The Balaban J connectivity index is 1.80. The normalized spacial score (nSPS) is 14.9. The van der Waals surface area contributed by atoms with Gasteiger partial charge in [0.2, 0.25) is 5.91 Å². The average Bonchev–Trinajstić information content (AvgIpc) is 2.55. The maximum Gasteiger partial charge on any atom is 0.319 e. The molecular weight excluding hydrogens is 322 g/mol. The zero-order valence-electron chi connectivity index (χ0n) is 14.5. The van der Waals surface area contributed by atoms with E-state index in [9.17, 15) is 9.59 Å². The summed E-state index contributed by atoms with van der Waals surface area (Å²) in [6, 6.07) is 5.94. The minimum Gasteiger partial charge on any atom is -0.355 e. The fourth-order valence-electron chi connectivity index (χ4n) is 2.81. The van der Waals surface area contributed by atoms with Crippen molar-refractivity contribution in [3.63, 3.8) is 0 Å². The molecule has 0 unspecified atom stereocenters. The van der Waals surface area contributed by atoms with Crippen LogP contribution in [0.5, 0.6) is 0 Å². The molecule has 0 heterocycles. The summed E-state index contributed by atoms with van der Waals surface area (Å²) in [5, 5.41) is 8.95. The molecule has 3 N–H and O–H groups in total. The molecule has 2 rings (SSSR count). The molecule has 1 fully saturated rings. The van der Waals surface area contributed by atoms with Crippen molar-refractivity contribution in [2.24, 2.45) is 0 Å². The lowest BCUT2D eigenvalue weighted by Gasteiger charge is -2.21. The van der Waals surface area contributed by atoms with Crippen LogP contribution in [0.1, 0.15) is 44.6 Å². The molecule has 5 nitrogen and oxygen atoms in total. The van der Waals surface area contributed by atoms with Gasteiger partial charge < -0.3 is 16.0 Å². The molecule has 0 spiro atoms. The summed E-state index contributed by atoms with van der Waals surface area (Å²) in [4.78, 5) is 23.9. The maximum atomic E-state index is 11.9. The predicted molar refractivity (Wildman–Crippen MR) is 99.6 cm³/mol. The lowest BCUT2D eigenvalue weighted by atomic mass is 10.0. The van der Waals surface area contributed by atoms with Gasteiger partial charge in [0, 0.05) is 35.8 Å². The summed E-state index contributed by atoms with van der Waals surface area (Å²) in [7, 11) is 0. The Morgan fingerprint density at radius 3 is 2.50 bits per heavy atom. The van der Waals surface area contributed by atoms with Crippen LogP contribution in [0.2, 0.25) is 0 Å². The number of rotatable bonds is 6. The Bertz CT molecular complexity index is 571. The number of nitrogens with one attached hydrogen (secondary N) is 3. The monoisotopic (exact) mass is 349 g/mol. The highest BCUT2D eigenvalue weighted by Gasteiger charge is 2.15. The molecular formula is C18H27N3O2S. The Hall–Kier alpha value is -1.69. The standard InChI is InChI=1S/C18H27N3O2S/c1-13-12-16(24-15-6-4-3-5-7-15)8-9-17(13)21-18(23)20-11-10-19-14(2)22/h8-9,12,15H,3-7,10-11H2,1-2H3,(H,19,22)(H2,20,21,23). The fraction of sp³-hybridized carbons (Fsp3) is 0.556. The van der Waals surface area contributed by atoms with E-state index in [-0.39, 0.29) is 11.9 Å². The van der Waals surface area contributed by atoms with Crippen LogP contribution < -0.4 is 16.0 Å². The summed E-state index contributed by atoms with van der Waals surface area (Å²) >= 11 is 1.96. The van der Waals surface area contributed by atoms with Gasteiger partial charge in [-0.05, 0) is 43.5 Å². The molecule has 0 saturated heterocycles. The summed E-state index contributed by atoms with van der Waals surface area (Å²) in [5.74, 6) is -0.0980. The molecule has 24 heavy (non-hydrogen) atoms. The number of anilines is 1. The molecule has 1 aromatic rings. The molecule has 1 aliphatic carbocycles. The van der Waals surface area contributed by atoms with Crippen molar-refractivity contribution in [3.8, 4) is 0 Å². The first-order valence-corrected chi connectivity index (χ1v) is 9.49. The van der Waals surface area contributed by atoms with Crippen LogP contribution >= 0.6 is 11.8 Å². The molecule has 0 bridgehead atoms. The van der Waals surface area contributed by atoms with E-state index in [1.54, 1.807) is 0 Å². The lowest BCUT2D eigenvalue weighted by molar-refractivity contribution is -0.118. The molecule has 3 amide bonds. The zero-order valence-corrected chi connectivity index (χ0v) is 15.3. The minimum atomic E-state index is -0.254. The number of amides is 3. The number of benzene rings is 1. The topological polar surface area (TPSA) is 70.2 Å². The molecule has 0 aliphatic heterocycles. The number of thioether (sulfide) groups is 1. The van der Waals surface area contributed by atoms with Crippen molar-refractivity contribution in [3.05, 3.63) is 23.8 Å².